The zero-order valence-corrected chi connectivity index (χ0v) is 9.91. The van der Waals surface area contributed by atoms with Crippen molar-refractivity contribution < 1.29 is 4.42 Å². The number of nitrogens with zero attached hydrogens (tertiary/aromatic N) is 1. The van der Waals surface area contributed by atoms with Gasteiger partial charge in [-0.05, 0) is 13.0 Å². The lowest BCUT2D eigenvalue weighted by atomic mass is 10.2. The highest BCUT2D eigenvalue weighted by atomic mass is 16.3. The highest BCUT2D eigenvalue weighted by molar-refractivity contribution is 5.20. The Morgan fingerprint density at radius 2 is 2.00 bits per heavy atom. The summed E-state index contributed by atoms with van der Waals surface area (Å²) in [6.45, 7) is 12.4. The fourth-order valence-electron chi connectivity index (χ4n) is 1.65. The molecule has 0 aliphatic heterocycles. The van der Waals surface area contributed by atoms with E-state index in [2.05, 4.69) is 18.1 Å². The van der Waals surface area contributed by atoms with Crippen LogP contribution in [-0.2, 0) is 13.1 Å². The molecule has 3 heteroatoms. The molecule has 0 unspecified atom stereocenters. The molecule has 2 N–H and O–H groups in total. The summed E-state index contributed by atoms with van der Waals surface area (Å²) in [5.41, 5.74) is 6.72. The minimum atomic E-state index is 0.448. The number of aryl methyl sites for hydroxylation is 1. The van der Waals surface area contributed by atoms with Crippen LogP contribution in [0.5, 0.6) is 0 Å². The zero-order chi connectivity index (χ0) is 12.0. The van der Waals surface area contributed by atoms with E-state index in [0.717, 1.165) is 31.2 Å². The monoisotopic (exact) mass is 220 g/mol. The largest absolute Gasteiger partial charge is 0.465 e. The van der Waals surface area contributed by atoms with Crippen LogP contribution in [-0.4, -0.2) is 18.0 Å². The second-order valence-corrected chi connectivity index (χ2v) is 3.77. The second-order valence-electron chi connectivity index (χ2n) is 3.77. The van der Waals surface area contributed by atoms with Crippen molar-refractivity contribution in [3.05, 3.63) is 48.5 Å². The lowest BCUT2D eigenvalue weighted by Crippen LogP contribution is -2.23. The SMILES string of the molecule is C=CCN(CC=C)Cc1cc(CN)oc1C. The van der Waals surface area contributed by atoms with E-state index in [9.17, 15) is 0 Å². The third-order valence-corrected chi connectivity index (χ3v) is 2.44. The third-order valence-electron chi connectivity index (χ3n) is 2.44. The van der Waals surface area contributed by atoms with Gasteiger partial charge in [0.15, 0.2) is 0 Å². The van der Waals surface area contributed by atoms with Gasteiger partial charge >= 0.3 is 0 Å². The van der Waals surface area contributed by atoms with Crippen molar-refractivity contribution in [2.75, 3.05) is 13.1 Å². The van der Waals surface area contributed by atoms with Gasteiger partial charge in [-0.2, -0.15) is 0 Å². The predicted molar refractivity (Wildman–Crippen MR) is 67.0 cm³/mol. The summed E-state index contributed by atoms with van der Waals surface area (Å²) in [7, 11) is 0. The molecule has 0 fully saturated rings. The van der Waals surface area contributed by atoms with Gasteiger partial charge in [0.1, 0.15) is 11.5 Å². The Morgan fingerprint density at radius 1 is 1.38 bits per heavy atom. The molecule has 1 rings (SSSR count). The van der Waals surface area contributed by atoms with Gasteiger partial charge in [0.25, 0.3) is 0 Å². The van der Waals surface area contributed by atoms with Crippen molar-refractivity contribution in [2.45, 2.75) is 20.0 Å². The maximum atomic E-state index is 5.54. The lowest BCUT2D eigenvalue weighted by molar-refractivity contribution is 0.324. The predicted octanol–water partition coefficient (Wildman–Crippen LogP) is 2.22. The molecule has 3 nitrogen and oxygen atoms in total. The standard InChI is InChI=1S/C13H20N2O/c1-4-6-15(7-5-2)10-12-8-13(9-14)16-11(12)3/h4-5,8H,1-2,6-7,9-10,14H2,3H3. The molecule has 88 valence electrons. The summed E-state index contributed by atoms with van der Waals surface area (Å²) in [6.07, 6.45) is 3.78. The van der Waals surface area contributed by atoms with Crippen molar-refractivity contribution in [3.8, 4) is 0 Å². The smallest absolute Gasteiger partial charge is 0.118 e. The van der Waals surface area contributed by atoms with Gasteiger partial charge in [-0.3, -0.25) is 4.90 Å². The summed E-state index contributed by atoms with van der Waals surface area (Å²) < 4.78 is 5.52. The quantitative estimate of drug-likeness (QED) is 0.716. The van der Waals surface area contributed by atoms with E-state index in [-0.39, 0.29) is 0 Å². The average molecular weight is 220 g/mol. The molecule has 16 heavy (non-hydrogen) atoms. The van der Waals surface area contributed by atoms with E-state index in [0.29, 0.717) is 6.54 Å². The summed E-state index contributed by atoms with van der Waals surface area (Å²) in [4.78, 5) is 2.23. The van der Waals surface area contributed by atoms with Crippen molar-refractivity contribution in [1.82, 2.24) is 4.90 Å². The molecule has 0 saturated carbocycles. The summed E-state index contributed by atoms with van der Waals surface area (Å²) >= 11 is 0. The van der Waals surface area contributed by atoms with Crippen LogP contribution in [0.25, 0.3) is 0 Å². The van der Waals surface area contributed by atoms with Crippen molar-refractivity contribution >= 4 is 0 Å². The fraction of sp³-hybridized carbons (Fsp3) is 0.385. The number of hydrogen-bond donors (Lipinski definition) is 1. The topological polar surface area (TPSA) is 42.4 Å². The van der Waals surface area contributed by atoms with Gasteiger partial charge in [0, 0.05) is 25.2 Å². The van der Waals surface area contributed by atoms with Crippen LogP contribution in [0.3, 0.4) is 0 Å². The fourth-order valence-corrected chi connectivity index (χ4v) is 1.65. The molecule has 1 aromatic rings. The van der Waals surface area contributed by atoms with Crippen LogP contribution in [0, 0.1) is 6.92 Å². The summed E-state index contributed by atoms with van der Waals surface area (Å²) in [5, 5.41) is 0. The molecule has 0 aliphatic rings. The van der Waals surface area contributed by atoms with Crippen molar-refractivity contribution in [2.24, 2.45) is 5.73 Å². The van der Waals surface area contributed by atoms with Crippen molar-refractivity contribution in [1.29, 1.82) is 0 Å². The Hall–Kier alpha value is -1.32. The maximum Gasteiger partial charge on any atom is 0.118 e. The Bertz CT molecular complexity index is 345. The van der Waals surface area contributed by atoms with Gasteiger partial charge in [0.2, 0.25) is 0 Å². The van der Waals surface area contributed by atoms with E-state index in [1.807, 2.05) is 25.1 Å². The molecule has 0 amide bonds. The second kappa shape index (κ2) is 6.30. The maximum absolute atomic E-state index is 5.54. The molecule has 0 radical (unpaired) electrons. The Kier molecular flexibility index (Phi) is 5.02. The van der Waals surface area contributed by atoms with Crippen LogP contribution in [0.2, 0.25) is 0 Å². The lowest BCUT2D eigenvalue weighted by Gasteiger charge is -2.17. The number of furan rings is 1. The molecule has 1 heterocycles. The van der Waals surface area contributed by atoms with Crippen LogP contribution >= 0.6 is 0 Å². The first-order chi connectivity index (χ1) is 7.71. The number of hydrogen-bond acceptors (Lipinski definition) is 3. The first-order valence-electron chi connectivity index (χ1n) is 5.43. The summed E-state index contributed by atoms with van der Waals surface area (Å²) in [5.74, 6) is 1.78. The van der Waals surface area contributed by atoms with Crippen LogP contribution in [0.1, 0.15) is 17.1 Å². The Balaban J connectivity index is 2.71. The molecule has 0 atom stereocenters. The zero-order valence-electron chi connectivity index (χ0n) is 9.91. The van der Waals surface area contributed by atoms with Gasteiger partial charge in [-0.1, -0.05) is 12.2 Å². The molecule has 1 aromatic heterocycles. The molecule has 0 aliphatic carbocycles. The van der Waals surface area contributed by atoms with Crippen LogP contribution < -0.4 is 5.73 Å². The van der Waals surface area contributed by atoms with Gasteiger partial charge in [-0.25, -0.2) is 0 Å². The third kappa shape index (κ3) is 3.36. The van der Waals surface area contributed by atoms with Crippen LogP contribution in [0.4, 0.5) is 0 Å². The van der Waals surface area contributed by atoms with Gasteiger partial charge < -0.3 is 10.2 Å². The van der Waals surface area contributed by atoms with E-state index in [1.54, 1.807) is 0 Å². The Labute approximate surface area is 97.2 Å². The highest BCUT2D eigenvalue weighted by Gasteiger charge is 2.09. The minimum absolute atomic E-state index is 0.448. The number of rotatable bonds is 7. The first kappa shape index (κ1) is 12.7. The normalized spacial score (nSPS) is 10.7. The molecular formula is C13H20N2O. The van der Waals surface area contributed by atoms with Crippen molar-refractivity contribution in [3.63, 3.8) is 0 Å². The van der Waals surface area contributed by atoms with E-state index >= 15 is 0 Å². The highest BCUT2D eigenvalue weighted by Crippen LogP contribution is 2.16. The molecule has 0 saturated heterocycles. The first-order valence-corrected chi connectivity index (χ1v) is 5.43. The van der Waals surface area contributed by atoms with E-state index in [1.165, 1.54) is 5.56 Å². The van der Waals surface area contributed by atoms with E-state index < -0.39 is 0 Å². The molecule has 0 spiro atoms. The average Bonchev–Trinajstić information content (AvgIpc) is 2.60. The number of nitrogens with two attached hydrogens (primary N) is 1. The van der Waals surface area contributed by atoms with Crippen LogP contribution in [0.15, 0.2) is 35.8 Å². The van der Waals surface area contributed by atoms with E-state index in [4.69, 9.17) is 10.2 Å². The molecule has 0 bridgehead atoms. The minimum Gasteiger partial charge on any atom is -0.465 e. The molecular weight excluding hydrogens is 200 g/mol. The van der Waals surface area contributed by atoms with Gasteiger partial charge in [-0.15, -0.1) is 13.2 Å². The summed E-state index contributed by atoms with van der Waals surface area (Å²) in [6, 6.07) is 2.02. The van der Waals surface area contributed by atoms with Gasteiger partial charge in [0.05, 0.1) is 6.54 Å². The Morgan fingerprint density at radius 3 is 2.44 bits per heavy atom. The molecule has 0 aromatic carbocycles.